The van der Waals surface area contributed by atoms with E-state index in [2.05, 4.69) is 15.1 Å². The van der Waals surface area contributed by atoms with Crippen LogP contribution in [0.1, 0.15) is 19.5 Å². The summed E-state index contributed by atoms with van der Waals surface area (Å²) >= 11 is 0. The van der Waals surface area contributed by atoms with Crippen molar-refractivity contribution in [3.05, 3.63) is 30.1 Å². The molecule has 14 heavy (non-hydrogen) atoms. The van der Waals surface area contributed by atoms with Crippen LogP contribution in [0.4, 0.5) is 0 Å². The fraction of sp³-hybridized carbons (Fsp3) is 0.300. The Hall–Kier alpha value is -1.71. The van der Waals surface area contributed by atoms with Gasteiger partial charge in [-0.25, -0.2) is 0 Å². The molecule has 0 radical (unpaired) electrons. The van der Waals surface area contributed by atoms with Crippen molar-refractivity contribution in [2.75, 3.05) is 0 Å². The Balaban J connectivity index is 2.64. The van der Waals surface area contributed by atoms with Gasteiger partial charge in [0.2, 0.25) is 0 Å². The van der Waals surface area contributed by atoms with Gasteiger partial charge in [0.25, 0.3) is 0 Å². The van der Waals surface area contributed by atoms with E-state index in [0.29, 0.717) is 12.3 Å². The van der Waals surface area contributed by atoms with Crippen molar-refractivity contribution in [1.29, 1.82) is 0 Å². The van der Waals surface area contributed by atoms with E-state index in [4.69, 9.17) is 5.21 Å². The minimum atomic E-state index is 0.513. The lowest BCUT2D eigenvalue weighted by atomic mass is 10.3. The molecule has 0 aliphatic rings. The second-order valence-corrected chi connectivity index (χ2v) is 2.91. The molecule has 0 saturated heterocycles. The van der Waals surface area contributed by atoms with Crippen molar-refractivity contribution in [1.82, 2.24) is 4.98 Å². The Labute approximate surface area is 83.0 Å². The number of hydrogen-bond acceptors (Lipinski definition) is 4. The van der Waals surface area contributed by atoms with Gasteiger partial charge in [-0.05, 0) is 26.0 Å². The summed E-state index contributed by atoms with van der Waals surface area (Å²) in [5, 5.41) is 11.6. The van der Waals surface area contributed by atoms with Crippen molar-refractivity contribution < 1.29 is 5.21 Å². The molecular formula is C10H13N3O. The van der Waals surface area contributed by atoms with Crippen LogP contribution in [0.15, 0.2) is 34.5 Å². The minimum Gasteiger partial charge on any atom is -0.411 e. The number of nitrogens with zero attached hydrogens (tertiary/aromatic N) is 3. The maximum absolute atomic E-state index is 8.49. The number of oxime groups is 1. The zero-order chi connectivity index (χ0) is 10.4. The van der Waals surface area contributed by atoms with Crippen LogP contribution in [0.2, 0.25) is 0 Å². The summed E-state index contributed by atoms with van der Waals surface area (Å²) in [4.78, 5) is 8.35. The quantitative estimate of drug-likeness (QED) is 0.450. The van der Waals surface area contributed by atoms with Crippen LogP contribution in [0, 0.1) is 0 Å². The molecule has 0 aliphatic carbocycles. The van der Waals surface area contributed by atoms with E-state index >= 15 is 0 Å². The highest BCUT2D eigenvalue weighted by atomic mass is 16.4. The molecule has 0 amide bonds. The van der Waals surface area contributed by atoms with Crippen molar-refractivity contribution in [3.8, 4) is 0 Å². The number of rotatable bonds is 3. The smallest absolute Gasteiger partial charge is 0.0971 e. The second-order valence-electron chi connectivity index (χ2n) is 2.91. The predicted octanol–water partition coefficient (Wildman–Crippen LogP) is 1.89. The molecule has 74 valence electrons. The Kier molecular flexibility index (Phi) is 3.79. The van der Waals surface area contributed by atoms with Gasteiger partial charge in [0.15, 0.2) is 0 Å². The molecule has 4 nitrogen and oxygen atoms in total. The van der Waals surface area contributed by atoms with Gasteiger partial charge < -0.3 is 5.21 Å². The monoisotopic (exact) mass is 191 g/mol. The van der Waals surface area contributed by atoms with Crippen LogP contribution < -0.4 is 0 Å². The number of aliphatic imine (C=N–C) groups is 1. The Morgan fingerprint density at radius 3 is 2.71 bits per heavy atom. The highest BCUT2D eigenvalue weighted by Gasteiger charge is 1.96. The fourth-order valence-electron chi connectivity index (χ4n) is 0.878. The second kappa shape index (κ2) is 5.11. The van der Waals surface area contributed by atoms with Gasteiger partial charge in [-0.2, -0.15) is 0 Å². The topological polar surface area (TPSA) is 57.8 Å². The van der Waals surface area contributed by atoms with Crippen LogP contribution >= 0.6 is 0 Å². The molecule has 0 bridgehead atoms. The third-order valence-corrected chi connectivity index (χ3v) is 1.88. The largest absolute Gasteiger partial charge is 0.411 e. The van der Waals surface area contributed by atoms with Gasteiger partial charge in [-0.15, -0.1) is 0 Å². The molecule has 0 aromatic carbocycles. The molecular weight excluding hydrogens is 178 g/mol. The van der Waals surface area contributed by atoms with E-state index in [1.54, 1.807) is 20.0 Å². The first-order chi connectivity index (χ1) is 6.74. The van der Waals surface area contributed by atoms with E-state index in [1.807, 2.05) is 18.2 Å². The lowest BCUT2D eigenvalue weighted by Gasteiger charge is -1.98. The lowest BCUT2D eigenvalue weighted by molar-refractivity contribution is 0.320. The van der Waals surface area contributed by atoms with E-state index in [-0.39, 0.29) is 0 Å². The van der Waals surface area contributed by atoms with Crippen LogP contribution in [0.25, 0.3) is 0 Å². The van der Waals surface area contributed by atoms with Gasteiger partial charge in [0, 0.05) is 6.20 Å². The third-order valence-electron chi connectivity index (χ3n) is 1.88. The molecule has 1 N–H and O–H groups in total. The van der Waals surface area contributed by atoms with Crippen molar-refractivity contribution in [3.63, 3.8) is 0 Å². The summed E-state index contributed by atoms with van der Waals surface area (Å²) in [7, 11) is 0. The van der Waals surface area contributed by atoms with Crippen LogP contribution in [0.3, 0.4) is 0 Å². The van der Waals surface area contributed by atoms with E-state index in [9.17, 15) is 0 Å². The molecule has 0 atom stereocenters. The van der Waals surface area contributed by atoms with Gasteiger partial charge in [0.05, 0.1) is 23.7 Å². The maximum Gasteiger partial charge on any atom is 0.0971 e. The summed E-state index contributed by atoms with van der Waals surface area (Å²) in [6.45, 7) is 4.02. The molecule has 0 fully saturated rings. The van der Waals surface area contributed by atoms with E-state index in [0.717, 1.165) is 11.4 Å². The number of hydrogen-bond donors (Lipinski definition) is 1. The first-order valence-electron chi connectivity index (χ1n) is 4.34. The van der Waals surface area contributed by atoms with Crippen molar-refractivity contribution in [2.24, 2.45) is 10.1 Å². The molecule has 4 heteroatoms. The zero-order valence-corrected chi connectivity index (χ0v) is 8.31. The van der Waals surface area contributed by atoms with Crippen LogP contribution in [0.5, 0.6) is 0 Å². The summed E-state index contributed by atoms with van der Waals surface area (Å²) in [5.41, 5.74) is 2.15. The van der Waals surface area contributed by atoms with Crippen molar-refractivity contribution in [2.45, 2.75) is 20.4 Å². The predicted molar refractivity (Wildman–Crippen MR) is 55.9 cm³/mol. The van der Waals surface area contributed by atoms with E-state index in [1.165, 1.54) is 0 Å². The number of aromatic nitrogens is 1. The Bertz CT molecular complexity index is 344. The molecule has 1 rings (SSSR count). The van der Waals surface area contributed by atoms with Gasteiger partial charge in [-0.1, -0.05) is 11.2 Å². The SMILES string of the molecule is CC(=N\O)/C(C)=N/Cc1ccccn1. The highest BCUT2D eigenvalue weighted by Crippen LogP contribution is 1.96. The average molecular weight is 191 g/mol. The van der Waals surface area contributed by atoms with Crippen LogP contribution in [-0.2, 0) is 6.54 Å². The zero-order valence-electron chi connectivity index (χ0n) is 8.31. The lowest BCUT2D eigenvalue weighted by Crippen LogP contribution is -2.06. The first-order valence-corrected chi connectivity index (χ1v) is 4.34. The fourth-order valence-corrected chi connectivity index (χ4v) is 0.878. The Morgan fingerprint density at radius 1 is 1.36 bits per heavy atom. The Morgan fingerprint density at radius 2 is 2.14 bits per heavy atom. The van der Waals surface area contributed by atoms with Gasteiger partial charge in [-0.3, -0.25) is 9.98 Å². The van der Waals surface area contributed by atoms with Gasteiger partial charge >= 0.3 is 0 Å². The minimum absolute atomic E-state index is 0.513. The summed E-state index contributed by atoms with van der Waals surface area (Å²) in [6.07, 6.45) is 1.73. The van der Waals surface area contributed by atoms with Crippen LogP contribution in [-0.4, -0.2) is 21.6 Å². The third kappa shape index (κ3) is 2.97. The van der Waals surface area contributed by atoms with Gasteiger partial charge in [0.1, 0.15) is 0 Å². The summed E-state index contributed by atoms with van der Waals surface area (Å²) in [6, 6.07) is 5.68. The maximum atomic E-state index is 8.49. The molecule has 0 aliphatic heterocycles. The highest BCUT2D eigenvalue weighted by molar-refractivity contribution is 6.40. The molecule has 0 saturated carbocycles. The number of pyridine rings is 1. The average Bonchev–Trinajstić information content (AvgIpc) is 2.26. The summed E-state index contributed by atoms with van der Waals surface area (Å²) in [5.74, 6) is 0. The molecule has 0 spiro atoms. The first kappa shape index (κ1) is 10.4. The van der Waals surface area contributed by atoms with Crippen molar-refractivity contribution >= 4 is 11.4 Å². The van der Waals surface area contributed by atoms with E-state index < -0.39 is 0 Å². The molecule has 1 heterocycles. The molecule has 1 aromatic heterocycles. The standard InChI is InChI=1S/C10H13N3O/c1-8(9(2)13-14)12-7-10-5-3-4-6-11-10/h3-6,14H,7H2,1-2H3/b12-8+,13-9+. The molecule has 0 unspecified atom stereocenters. The normalized spacial score (nSPS) is 13.0. The summed E-state index contributed by atoms with van der Waals surface area (Å²) < 4.78 is 0. The molecule has 1 aromatic rings.